The van der Waals surface area contributed by atoms with E-state index in [1.165, 1.54) is 4.90 Å². The molecular weight excluding hydrogens is 286 g/mol. The minimum atomic E-state index is -0.0203. The van der Waals surface area contributed by atoms with Crippen LogP contribution in [-0.4, -0.2) is 18.2 Å². The number of benzene rings is 1. The molecule has 1 aromatic carbocycles. The highest BCUT2D eigenvalue weighted by Crippen LogP contribution is 2.39. The molecule has 2 rings (SSSR count). The number of amides is 1. The van der Waals surface area contributed by atoms with E-state index in [9.17, 15) is 4.79 Å². The Kier molecular flexibility index (Phi) is 3.71. The maximum atomic E-state index is 11.9. The Morgan fingerprint density at radius 1 is 1.56 bits per heavy atom. The Morgan fingerprint density at radius 3 is 3.06 bits per heavy atom. The first-order chi connectivity index (χ1) is 7.68. The standard InChI is InChI=1S/C12H12BrNOS/c1-8(13)6-14-12(15)10-7-16-11-5-3-2-4-9(10)11/h2-5,10H,1,6-7H2,(H,14,15). The zero-order chi connectivity index (χ0) is 11.5. The molecule has 0 saturated carbocycles. The number of carbonyl (C=O) groups is 1. The molecule has 1 atom stereocenters. The van der Waals surface area contributed by atoms with Gasteiger partial charge in [-0.25, -0.2) is 0 Å². The molecule has 1 amide bonds. The highest BCUT2D eigenvalue weighted by Gasteiger charge is 2.28. The zero-order valence-corrected chi connectivity index (χ0v) is 11.1. The van der Waals surface area contributed by atoms with E-state index in [1.54, 1.807) is 11.8 Å². The van der Waals surface area contributed by atoms with Crippen molar-refractivity contribution in [2.75, 3.05) is 12.3 Å². The fourth-order valence-corrected chi connectivity index (χ4v) is 3.05. The molecule has 1 aromatic rings. The number of hydrogen-bond donors (Lipinski definition) is 1. The summed E-state index contributed by atoms with van der Waals surface area (Å²) in [5.74, 6) is 0.894. The number of hydrogen-bond acceptors (Lipinski definition) is 2. The van der Waals surface area contributed by atoms with Gasteiger partial charge in [-0.3, -0.25) is 4.79 Å². The molecule has 84 valence electrons. The summed E-state index contributed by atoms with van der Waals surface area (Å²) in [5, 5.41) is 2.87. The smallest absolute Gasteiger partial charge is 0.228 e. The Balaban J connectivity index is 2.07. The zero-order valence-electron chi connectivity index (χ0n) is 8.70. The normalized spacial score (nSPS) is 17.9. The van der Waals surface area contributed by atoms with Crippen LogP contribution in [0.5, 0.6) is 0 Å². The average molecular weight is 298 g/mol. The highest BCUT2D eigenvalue weighted by molar-refractivity contribution is 9.11. The minimum Gasteiger partial charge on any atom is -0.351 e. The number of halogens is 1. The van der Waals surface area contributed by atoms with E-state index in [0.29, 0.717) is 6.54 Å². The second kappa shape index (κ2) is 5.06. The number of fused-ring (bicyclic) bond motifs is 1. The molecule has 1 heterocycles. The van der Waals surface area contributed by atoms with Crippen LogP contribution in [0.15, 0.2) is 40.2 Å². The molecular formula is C12H12BrNOS. The van der Waals surface area contributed by atoms with Crippen molar-refractivity contribution in [3.63, 3.8) is 0 Å². The second-order valence-electron chi connectivity index (χ2n) is 3.64. The van der Waals surface area contributed by atoms with Crippen LogP contribution in [0, 0.1) is 0 Å². The molecule has 0 fully saturated rings. The van der Waals surface area contributed by atoms with Crippen LogP contribution in [0.1, 0.15) is 11.5 Å². The van der Waals surface area contributed by atoms with Gasteiger partial charge in [0.25, 0.3) is 0 Å². The first-order valence-electron chi connectivity index (χ1n) is 5.01. The average Bonchev–Trinajstić information content (AvgIpc) is 2.69. The summed E-state index contributed by atoms with van der Waals surface area (Å²) in [5.41, 5.74) is 1.14. The van der Waals surface area contributed by atoms with Crippen LogP contribution in [0.3, 0.4) is 0 Å². The third-order valence-corrected chi connectivity index (χ3v) is 3.93. The maximum Gasteiger partial charge on any atom is 0.228 e. The summed E-state index contributed by atoms with van der Waals surface area (Å²) < 4.78 is 0.791. The van der Waals surface area contributed by atoms with E-state index in [1.807, 2.05) is 18.2 Å². The van der Waals surface area contributed by atoms with E-state index in [0.717, 1.165) is 15.8 Å². The SMILES string of the molecule is C=C(Br)CNC(=O)C1CSc2ccccc21. The molecule has 0 spiro atoms. The van der Waals surface area contributed by atoms with Crippen molar-refractivity contribution in [1.29, 1.82) is 0 Å². The predicted molar refractivity (Wildman–Crippen MR) is 71.0 cm³/mol. The molecule has 1 N–H and O–H groups in total. The Labute approximate surface area is 108 Å². The molecule has 0 aliphatic carbocycles. The van der Waals surface area contributed by atoms with Gasteiger partial charge in [0, 0.05) is 21.7 Å². The summed E-state index contributed by atoms with van der Waals surface area (Å²) >= 11 is 4.97. The maximum absolute atomic E-state index is 11.9. The van der Waals surface area contributed by atoms with E-state index in [-0.39, 0.29) is 11.8 Å². The Hall–Kier alpha value is -0.740. The number of rotatable bonds is 3. The Bertz CT molecular complexity index is 433. The lowest BCUT2D eigenvalue weighted by atomic mass is 10.0. The lowest BCUT2D eigenvalue weighted by molar-refractivity contribution is -0.121. The van der Waals surface area contributed by atoms with Gasteiger partial charge < -0.3 is 5.32 Å². The van der Waals surface area contributed by atoms with Gasteiger partial charge in [0.2, 0.25) is 5.91 Å². The van der Waals surface area contributed by atoms with Crippen molar-refractivity contribution in [2.24, 2.45) is 0 Å². The fourth-order valence-electron chi connectivity index (χ4n) is 1.69. The fraction of sp³-hybridized carbons (Fsp3) is 0.250. The summed E-state index contributed by atoms with van der Waals surface area (Å²) in [7, 11) is 0. The van der Waals surface area contributed by atoms with Gasteiger partial charge >= 0.3 is 0 Å². The van der Waals surface area contributed by atoms with Crippen molar-refractivity contribution in [3.05, 3.63) is 40.9 Å². The van der Waals surface area contributed by atoms with Crippen molar-refractivity contribution in [2.45, 2.75) is 10.8 Å². The molecule has 4 heteroatoms. The summed E-state index contributed by atoms with van der Waals surface area (Å²) in [6, 6.07) is 8.08. The molecule has 0 saturated heterocycles. The first-order valence-corrected chi connectivity index (χ1v) is 6.79. The van der Waals surface area contributed by atoms with Crippen molar-refractivity contribution >= 4 is 33.6 Å². The lowest BCUT2D eigenvalue weighted by Gasteiger charge is -2.10. The van der Waals surface area contributed by atoms with Gasteiger partial charge in [0.1, 0.15) is 0 Å². The molecule has 1 aliphatic heterocycles. The topological polar surface area (TPSA) is 29.1 Å². The minimum absolute atomic E-state index is 0.0203. The predicted octanol–water partition coefficient (Wildman–Crippen LogP) is 2.90. The third-order valence-electron chi connectivity index (χ3n) is 2.47. The molecule has 0 bridgehead atoms. The molecule has 16 heavy (non-hydrogen) atoms. The molecule has 0 radical (unpaired) electrons. The number of thioether (sulfide) groups is 1. The van der Waals surface area contributed by atoms with Crippen LogP contribution in [0.2, 0.25) is 0 Å². The Morgan fingerprint density at radius 2 is 2.31 bits per heavy atom. The van der Waals surface area contributed by atoms with Crippen LogP contribution in [0.4, 0.5) is 0 Å². The van der Waals surface area contributed by atoms with Crippen LogP contribution in [0.25, 0.3) is 0 Å². The van der Waals surface area contributed by atoms with Gasteiger partial charge in [-0.2, -0.15) is 0 Å². The van der Waals surface area contributed by atoms with E-state index in [4.69, 9.17) is 0 Å². The van der Waals surface area contributed by atoms with Crippen LogP contribution in [-0.2, 0) is 4.79 Å². The third kappa shape index (κ3) is 2.50. The van der Waals surface area contributed by atoms with Crippen molar-refractivity contribution in [3.8, 4) is 0 Å². The monoisotopic (exact) mass is 297 g/mol. The quantitative estimate of drug-likeness (QED) is 0.929. The largest absolute Gasteiger partial charge is 0.351 e. The molecule has 0 aromatic heterocycles. The molecule has 2 nitrogen and oxygen atoms in total. The van der Waals surface area contributed by atoms with Gasteiger partial charge in [-0.15, -0.1) is 11.8 Å². The molecule has 1 unspecified atom stereocenters. The highest BCUT2D eigenvalue weighted by atomic mass is 79.9. The first kappa shape index (κ1) is 11.7. The van der Waals surface area contributed by atoms with Crippen molar-refractivity contribution < 1.29 is 4.79 Å². The molecule has 1 aliphatic rings. The van der Waals surface area contributed by atoms with E-state index >= 15 is 0 Å². The van der Waals surface area contributed by atoms with Crippen LogP contribution >= 0.6 is 27.7 Å². The van der Waals surface area contributed by atoms with Crippen LogP contribution < -0.4 is 5.32 Å². The van der Waals surface area contributed by atoms with Gasteiger partial charge in [0.05, 0.1) is 5.92 Å². The van der Waals surface area contributed by atoms with Gasteiger partial charge in [-0.1, -0.05) is 40.7 Å². The van der Waals surface area contributed by atoms with Gasteiger partial charge in [-0.05, 0) is 11.6 Å². The number of carbonyl (C=O) groups excluding carboxylic acids is 1. The lowest BCUT2D eigenvalue weighted by Crippen LogP contribution is -2.30. The van der Waals surface area contributed by atoms with E-state index < -0.39 is 0 Å². The number of nitrogens with one attached hydrogen (secondary N) is 1. The summed E-state index contributed by atoms with van der Waals surface area (Å²) in [6.45, 7) is 4.18. The summed E-state index contributed by atoms with van der Waals surface area (Å²) in [4.78, 5) is 13.1. The summed E-state index contributed by atoms with van der Waals surface area (Å²) in [6.07, 6.45) is 0. The van der Waals surface area contributed by atoms with Crippen molar-refractivity contribution in [1.82, 2.24) is 5.32 Å². The van der Waals surface area contributed by atoms with E-state index in [2.05, 4.69) is 33.9 Å². The van der Waals surface area contributed by atoms with Gasteiger partial charge in [0.15, 0.2) is 0 Å². The second-order valence-corrected chi connectivity index (χ2v) is 5.82.